The smallest absolute Gasteiger partial charge is 0.398 e. The molecule has 1 heterocycles. The number of nitrogens with zero attached hydrogens (tertiary/aromatic N) is 2. The number of benzene rings is 1. The minimum absolute atomic E-state index is 0.107. The van der Waals surface area contributed by atoms with E-state index in [1.165, 1.54) is 24.2 Å². The zero-order valence-corrected chi connectivity index (χ0v) is 11.1. The second-order valence-corrected chi connectivity index (χ2v) is 4.35. The van der Waals surface area contributed by atoms with E-state index in [4.69, 9.17) is 5.73 Å². The lowest BCUT2D eigenvalue weighted by atomic mass is 10.1. The molecule has 0 aliphatic heterocycles. The Balaban J connectivity index is 2.36. The number of anilines is 2. The fourth-order valence-corrected chi connectivity index (χ4v) is 1.78. The van der Waals surface area contributed by atoms with E-state index in [1.807, 2.05) is 0 Å². The number of rotatable bonds is 2. The summed E-state index contributed by atoms with van der Waals surface area (Å²) in [6.07, 6.45) is -3.12. The first-order chi connectivity index (χ1) is 9.80. The normalized spacial score (nSPS) is 11.2. The molecule has 7 heteroatoms. The minimum Gasteiger partial charge on any atom is -0.398 e. The highest BCUT2D eigenvalue weighted by Gasteiger charge is 2.33. The SMILES string of the molecule is CN(C(=O)c1ccc(N)c(C(F)(F)F)c1)c1ccccn1. The molecule has 0 bridgehead atoms. The number of carbonyl (C=O) groups excluding carboxylic acids is 1. The number of hydrogen-bond donors (Lipinski definition) is 1. The second kappa shape index (κ2) is 5.43. The van der Waals surface area contributed by atoms with E-state index >= 15 is 0 Å². The Bertz CT molecular complexity index is 656. The van der Waals surface area contributed by atoms with Gasteiger partial charge in [0.25, 0.3) is 5.91 Å². The number of pyridine rings is 1. The summed E-state index contributed by atoms with van der Waals surface area (Å²) < 4.78 is 38.4. The molecule has 2 N–H and O–H groups in total. The van der Waals surface area contributed by atoms with Gasteiger partial charge in [0.05, 0.1) is 5.56 Å². The second-order valence-electron chi connectivity index (χ2n) is 4.35. The Labute approximate surface area is 119 Å². The van der Waals surface area contributed by atoms with Crippen molar-refractivity contribution in [1.29, 1.82) is 0 Å². The van der Waals surface area contributed by atoms with E-state index in [2.05, 4.69) is 4.98 Å². The van der Waals surface area contributed by atoms with Crippen LogP contribution in [-0.2, 0) is 6.18 Å². The van der Waals surface area contributed by atoms with Crippen LogP contribution in [0.15, 0.2) is 42.6 Å². The molecule has 0 spiro atoms. The number of nitrogen functional groups attached to an aromatic ring is 1. The van der Waals surface area contributed by atoms with Gasteiger partial charge >= 0.3 is 6.18 Å². The van der Waals surface area contributed by atoms with Crippen molar-refractivity contribution < 1.29 is 18.0 Å². The van der Waals surface area contributed by atoms with Crippen molar-refractivity contribution in [3.63, 3.8) is 0 Å². The molecule has 21 heavy (non-hydrogen) atoms. The van der Waals surface area contributed by atoms with Crippen molar-refractivity contribution in [2.24, 2.45) is 0 Å². The number of halogens is 3. The van der Waals surface area contributed by atoms with Crippen LogP contribution in [0.1, 0.15) is 15.9 Å². The molecule has 0 radical (unpaired) electrons. The number of alkyl halides is 3. The summed E-state index contributed by atoms with van der Waals surface area (Å²) in [5, 5.41) is 0. The molecule has 0 fully saturated rings. The Kier molecular flexibility index (Phi) is 3.84. The molecule has 0 atom stereocenters. The topological polar surface area (TPSA) is 59.2 Å². The zero-order valence-electron chi connectivity index (χ0n) is 11.1. The Morgan fingerprint density at radius 3 is 2.52 bits per heavy atom. The summed E-state index contributed by atoms with van der Waals surface area (Å²) in [7, 11) is 1.44. The molecule has 2 rings (SSSR count). The van der Waals surface area contributed by atoms with E-state index in [-0.39, 0.29) is 5.56 Å². The van der Waals surface area contributed by atoms with Gasteiger partial charge in [-0.05, 0) is 30.3 Å². The van der Waals surface area contributed by atoms with Crippen LogP contribution >= 0.6 is 0 Å². The highest BCUT2D eigenvalue weighted by Crippen LogP contribution is 2.34. The van der Waals surface area contributed by atoms with Gasteiger partial charge in [0.2, 0.25) is 0 Å². The van der Waals surface area contributed by atoms with E-state index in [0.717, 1.165) is 12.1 Å². The number of amides is 1. The first-order valence-corrected chi connectivity index (χ1v) is 5.96. The third kappa shape index (κ3) is 3.13. The van der Waals surface area contributed by atoms with Gasteiger partial charge in [0.1, 0.15) is 5.82 Å². The summed E-state index contributed by atoms with van der Waals surface area (Å²) in [6.45, 7) is 0. The Morgan fingerprint density at radius 1 is 1.24 bits per heavy atom. The molecule has 4 nitrogen and oxygen atoms in total. The lowest BCUT2D eigenvalue weighted by Gasteiger charge is -2.17. The fraction of sp³-hybridized carbons (Fsp3) is 0.143. The largest absolute Gasteiger partial charge is 0.418 e. The van der Waals surface area contributed by atoms with Crippen molar-refractivity contribution in [2.75, 3.05) is 17.7 Å². The van der Waals surface area contributed by atoms with Crippen LogP contribution in [0.4, 0.5) is 24.7 Å². The average Bonchev–Trinajstić information content (AvgIpc) is 2.46. The molecule has 0 aliphatic carbocycles. The minimum atomic E-state index is -4.61. The first kappa shape index (κ1) is 14.8. The summed E-state index contributed by atoms with van der Waals surface area (Å²) in [5.41, 5.74) is 3.76. The molecule has 1 amide bonds. The Morgan fingerprint density at radius 2 is 1.95 bits per heavy atom. The van der Waals surface area contributed by atoms with Crippen molar-refractivity contribution in [1.82, 2.24) is 4.98 Å². The first-order valence-electron chi connectivity index (χ1n) is 5.96. The number of aromatic nitrogens is 1. The lowest BCUT2D eigenvalue weighted by Crippen LogP contribution is -2.27. The summed E-state index contributed by atoms with van der Waals surface area (Å²) in [6, 6.07) is 8.01. The van der Waals surface area contributed by atoms with Gasteiger partial charge < -0.3 is 5.73 Å². The molecule has 0 unspecified atom stereocenters. The summed E-state index contributed by atoms with van der Waals surface area (Å²) in [5.74, 6) is -0.257. The van der Waals surface area contributed by atoms with Gasteiger partial charge in [-0.25, -0.2) is 4.98 Å². The van der Waals surface area contributed by atoms with Gasteiger partial charge in [0, 0.05) is 24.5 Å². The maximum Gasteiger partial charge on any atom is 0.418 e. The molecule has 0 aliphatic rings. The predicted octanol–water partition coefficient (Wildman–Crippen LogP) is 2.96. The average molecular weight is 295 g/mol. The predicted molar refractivity (Wildman–Crippen MR) is 72.8 cm³/mol. The summed E-state index contributed by atoms with van der Waals surface area (Å²) in [4.78, 5) is 17.4. The van der Waals surface area contributed by atoms with Gasteiger partial charge in [-0.2, -0.15) is 13.2 Å². The third-order valence-electron chi connectivity index (χ3n) is 2.90. The number of hydrogen-bond acceptors (Lipinski definition) is 3. The van der Waals surface area contributed by atoms with Gasteiger partial charge in [0.15, 0.2) is 0 Å². The highest BCUT2D eigenvalue weighted by atomic mass is 19.4. The van der Waals surface area contributed by atoms with Crippen LogP contribution in [0.25, 0.3) is 0 Å². The van der Waals surface area contributed by atoms with Crippen LogP contribution in [0.2, 0.25) is 0 Å². The van der Waals surface area contributed by atoms with Crippen LogP contribution in [-0.4, -0.2) is 17.9 Å². The quantitative estimate of drug-likeness (QED) is 0.867. The van der Waals surface area contributed by atoms with Gasteiger partial charge in [-0.1, -0.05) is 6.07 Å². The maximum absolute atomic E-state index is 12.8. The van der Waals surface area contributed by atoms with Crippen molar-refractivity contribution >= 4 is 17.4 Å². The van der Waals surface area contributed by atoms with Crippen molar-refractivity contribution in [2.45, 2.75) is 6.18 Å². The molecule has 1 aromatic carbocycles. The van der Waals surface area contributed by atoms with E-state index in [1.54, 1.807) is 18.2 Å². The molecule has 110 valence electrons. The highest BCUT2D eigenvalue weighted by molar-refractivity contribution is 6.05. The molecular formula is C14H12F3N3O. The molecule has 1 aromatic heterocycles. The van der Waals surface area contributed by atoms with Gasteiger partial charge in [-0.15, -0.1) is 0 Å². The van der Waals surface area contributed by atoms with E-state index < -0.39 is 23.3 Å². The van der Waals surface area contributed by atoms with E-state index in [0.29, 0.717) is 5.82 Å². The lowest BCUT2D eigenvalue weighted by molar-refractivity contribution is -0.136. The third-order valence-corrected chi connectivity index (χ3v) is 2.90. The zero-order chi connectivity index (χ0) is 15.6. The maximum atomic E-state index is 12.8. The molecule has 0 saturated heterocycles. The Hall–Kier alpha value is -2.57. The monoisotopic (exact) mass is 295 g/mol. The van der Waals surface area contributed by atoms with Crippen molar-refractivity contribution in [3.05, 3.63) is 53.7 Å². The van der Waals surface area contributed by atoms with Gasteiger partial charge in [-0.3, -0.25) is 9.69 Å². The number of carbonyl (C=O) groups is 1. The van der Waals surface area contributed by atoms with Crippen LogP contribution < -0.4 is 10.6 Å². The number of nitrogens with two attached hydrogens (primary N) is 1. The molecule has 0 saturated carbocycles. The molecule has 2 aromatic rings. The summed E-state index contributed by atoms with van der Waals surface area (Å²) >= 11 is 0. The van der Waals surface area contributed by atoms with Crippen LogP contribution in [0.3, 0.4) is 0 Å². The van der Waals surface area contributed by atoms with E-state index in [9.17, 15) is 18.0 Å². The fourth-order valence-electron chi connectivity index (χ4n) is 1.78. The standard InChI is InChI=1S/C14H12F3N3O/c1-20(12-4-2-3-7-19-12)13(21)9-5-6-11(18)10(8-9)14(15,16)17/h2-8H,18H2,1H3. The van der Waals surface area contributed by atoms with Crippen LogP contribution in [0, 0.1) is 0 Å². The van der Waals surface area contributed by atoms with Crippen molar-refractivity contribution in [3.8, 4) is 0 Å². The van der Waals surface area contributed by atoms with Crippen LogP contribution in [0.5, 0.6) is 0 Å². The molecular weight excluding hydrogens is 283 g/mol.